The SMILES string of the molecule is CCNC(C)CSc1ccc(C(C)(C)C)cc1. The Morgan fingerprint density at radius 3 is 2.24 bits per heavy atom. The molecular weight excluding hydrogens is 226 g/mol. The van der Waals surface area contributed by atoms with Crippen LogP contribution in [0.25, 0.3) is 0 Å². The second-order valence-electron chi connectivity index (χ2n) is 5.54. The minimum absolute atomic E-state index is 0.250. The molecule has 1 atom stereocenters. The Morgan fingerprint density at radius 2 is 1.76 bits per heavy atom. The average Bonchev–Trinajstić information content (AvgIpc) is 2.26. The first-order valence-corrected chi connectivity index (χ1v) is 7.38. The number of hydrogen-bond acceptors (Lipinski definition) is 2. The summed E-state index contributed by atoms with van der Waals surface area (Å²) >= 11 is 1.93. The van der Waals surface area contributed by atoms with E-state index in [2.05, 4.69) is 64.2 Å². The van der Waals surface area contributed by atoms with Crippen LogP contribution in [0.1, 0.15) is 40.2 Å². The lowest BCUT2D eigenvalue weighted by Crippen LogP contribution is -2.27. The fraction of sp³-hybridized carbons (Fsp3) is 0.600. The van der Waals surface area contributed by atoms with Crippen molar-refractivity contribution in [3.05, 3.63) is 29.8 Å². The Kier molecular flexibility index (Phi) is 5.54. The first-order chi connectivity index (χ1) is 7.93. The van der Waals surface area contributed by atoms with E-state index in [1.807, 2.05) is 11.8 Å². The van der Waals surface area contributed by atoms with Gasteiger partial charge in [0.2, 0.25) is 0 Å². The Balaban J connectivity index is 2.51. The predicted molar refractivity (Wildman–Crippen MR) is 79.0 cm³/mol. The van der Waals surface area contributed by atoms with Crippen molar-refractivity contribution in [2.45, 2.75) is 51.0 Å². The fourth-order valence-corrected chi connectivity index (χ4v) is 2.57. The summed E-state index contributed by atoms with van der Waals surface area (Å²) in [5.74, 6) is 1.13. The summed E-state index contributed by atoms with van der Waals surface area (Å²) in [7, 11) is 0. The van der Waals surface area contributed by atoms with Crippen molar-refractivity contribution in [3.63, 3.8) is 0 Å². The van der Waals surface area contributed by atoms with Crippen LogP contribution in [0.2, 0.25) is 0 Å². The molecular formula is C15H25NS. The van der Waals surface area contributed by atoms with Crippen molar-refractivity contribution >= 4 is 11.8 Å². The highest BCUT2D eigenvalue weighted by Gasteiger charge is 2.12. The molecule has 96 valence electrons. The van der Waals surface area contributed by atoms with E-state index in [9.17, 15) is 0 Å². The van der Waals surface area contributed by atoms with Crippen molar-refractivity contribution in [3.8, 4) is 0 Å². The molecule has 0 radical (unpaired) electrons. The van der Waals surface area contributed by atoms with E-state index in [-0.39, 0.29) is 5.41 Å². The molecule has 0 fully saturated rings. The summed E-state index contributed by atoms with van der Waals surface area (Å²) in [4.78, 5) is 1.36. The molecule has 1 nitrogen and oxygen atoms in total. The van der Waals surface area contributed by atoms with Crippen molar-refractivity contribution in [1.82, 2.24) is 5.32 Å². The number of benzene rings is 1. The Labute approximate surface area is 110 Å². The molecule has 0 heterocycles. The molecule has 0 saturated heterocycles. The highest BCUT2D eigenvalue weighted by molar-refractivity contribution is 7.99. The van der Waals surface area contributed by atoms with Crippen LogP contribution >= 0.6 is 11.8 Å². The molecule has 0 amide bonds. The minimum Gasteiger partial charge on any atom is -0.314 e. The third-order valence-corrected chi connectivity index (χ3v) is 4.05. The van der Waals surface area contributed by atoms with Crippen LogP contribution < -0.4 is 5.32 Å². The van der Waals surface area contributed by atoms with Crippen LogP contribution in [-0.4, -0.2) is 18.3 Å². The van der Waals surface area contributed by atoms with E-state index in [4.69, 9.17) is 0 Å². The maximum atomic E-state index is 3.43. The van der Waals surface area contributed by atoms with Gasteiger partial charge in [0, 0.05) is 16.7 Å². The maximum absolute atomic E-state index is 3.43. The molecule has 0 spiro atoms. The first-order valence-electron chi connectivity index (χ1n) is 6.40. The van der Waals surface area contributed by atoms with Gasteiger partial charge in [-0.1, -0.05) is 39.8 Å². The predicted octanol–water partition coefficient (Wildman–Crippen LogP) is 4.07. The molecule has 1 N–H and O–H groups in total. The van der Waals surface area contributed by atoms with Crippen molar-refractivity contribution < 1.29 is 0 Å². The zero-order chi connectivity index (χ0) is 12.9. The Morgan fingerprint density at radius 1 is 1.18 bits per heavy atom. The van der Waals surface area contributed by atoms with E-state index in [1.54, 1.807) is 0 Å². The molecule has 1 aromatic carbocycles. The number of thioether (sulfide) groups is 1. The van der Waals surface area contributed by atoms with E-state index in [0.717, 1.165) is 12.3 Å². The smallest absolute Gasteiger partial charge is 0.0133 e. The van der Waals surface area contributed by atoms with Gasteiger partial charge in [-0.25, -0.2) is 0 Å². The topological polar surface area (TPSA) is 12.0 Å². The second-order valence-corrected chi connectivity index (χ2v) is 6.64. The molecule has 0 aliphatic heterocycles. The molecule has 17 heavy (non-hydrogen) atoms. The summed E-state index contributed by atoms with van der Waals surface area (Å²) < 4.78 is 0. The lowest BCUT2D eigenvalue weighted by atomic mass is 9.87. The standard InChI is InChI=1S/C15H25NS/c1-6-16-12(2)11-17-14-9-7-13(8-10-14)15(3,4)5/h7-10,12,16H,6,11H2,1-5H3. The molecule has 1 aromatic rings. The molecule has 0 aliphatic carbocycles. The lowest BCUT2D eigenvalue weighted by molar-refractivity contribution is 0.589. The van der Waals surface area contributed by atoms with Gasteiger partial charge in [-0.15, -0.1) is 11.8 Å². The number of rotatable bonds is 5. The fourth-order valence-electron chi connectivity index (χ4n) is 1.68. The second kappa shape index (κ2) is 6.46. The summed E-state index contributed by atoms with van der Waals surface area (Å²) in [5, 5.41) is 3.43. The summed E-state index contributed by atoms with van der Waals surface area (Å²) in [5.41, 5.74) is 1.65. The third kappa shape index (κ3) is 5.13. The van der Waals surface area contributed by atoms with Gasteiger partial charge >= 0.3 is 0 Å². The van der Waals surface area contributed by atoms with E-state index >= 15 is 0 Å². The molecule has 1 unspecified atom stereocenters. The van der Waals surface area contributed by atoms with E-state index in [0.29, 0.717) is 6.04 Å². The normalized spacial score (nSPS) is 13.7. The van der Waals surface area contributed by atoms with Gasteiger partial charge in [0.1, 0.15) is 0 Å². The van der Waals surface area contributed by atoms with Gasteiger partial charge in [0.15, 0.2) is 0 Å². The summed E-state index contributed by atoms with van der Waals surface area (Å²) in [6.07, 6.45) is 0. The van der Waals surface area contributed by atoms with Gasteiger partial charge in [0.05, 0.1) is 0 Å². The highest BCUT2D eigenvalue weighted by Crippen LogP contribution is 2.25. The molecule has 0 aliphatic rings. The van der Waals surface area contributed by atoms with Crippen molar-refractivity contribution in [2.24, 2.45) is 0 Å². The molecule has 2 heteroatoms. The lowest BCUT2D eigenvalue weighted by Gasteiger charge is -2.19. The van der Waals surface area contributed by atoms with E-state index in [1.165, 1.54) is 10.5 Å². The molecule has 0 aromatic heterocycles. The first kappa shape index (κ1) is 14.6. The van der Waals surface area contributed by atoms with Gasteiger partial charge in [-0.05, 0) is 36.6 Å². The highest BCUT2D eigenvalue weighted by atomic mass is 32.2. The van der Waals surface area contributed by atoms with Gasteiger partial charge < -0.3 is 5.32 Å². The summed E-state index contributed by atoms with van der Waals surface area (Å²) in [6.45, 7) is 12.2. The zero-order valence-electron chi connectivity index (χ0n) is 11.7. The molecule has 0 bridgehead atoms. The molecule has 0 saturated carbocycles. The van der Waals surface area contributed by atoms with Crippen molar-refractivity contribution in [2.75, 3.05) is 12.3 Å². The maximum Gasteiger partial charge on any atom is 0.0133 e. The van der Waals surface area contributed by atoms with Crippen LogP contribution in [-0.2, 0) is 5.41 Å². The minimum atomic E-state index is 0.250. The van der Waals surface area contributed by atoms with Gasteiger partial charge in [0.25, 0.3) is 0 Å². The van der Waals surface area contributed by atoms with Crippen LogP contribution in [0.5, 0.6) is 0 Å². The quantitative estimate of drug-likeness (QED) is 0.792. The monoisotopic (exact) mass is 251 g/mol. The zero-order valence-corrected chi connectivity index (χ0v) is 12.5. The van der Waals surface area contributed by atoms with Crippen LogP contribution in [0.15, 0.2) is 29.2 Å². The van der Waals surface area contributed by atoms with E-state index < -0.39 is 0 Å². The molecule has 1 rings (SSSR count). The van der Waals surface area contributed by atoms with Crippen LogP contribution in [0.4, 0.5) is 0 Å². The summed E-state index contributed by atoms with van der Waals surface area (Å²) in [6, 6.07) is 9.56. The van der Waals surface area contributed by atoms with Crippen LogP contribution in [0.3, 0.4) is 0 Å². The van der Waals surface area contributed by atoms with Crippen molar-refractivity contribution in [1.29, 1.82) is 0 Å². The Hall–Kier alpha value is -0.470. The third-order valence-electron chi connectivity index (χ3n) is 2.77. The van der Waals surface area contributed by atoms with Crippen LogP contribution in [0, 0.1) is 0 Å². The van der Waals surface area contributed by atoms with Gasteiger partial charge in [-0.2, -0.15) is 0 Å². The van der Waals surface area contributed by atoms with Gasteiger partial charge in [-0.3, -0.25) is 0 Å². The number of nitrogens with one attached hydrogen (secondary N) is 1. The Bertz CT molecular complexity index is 324. The largest absolute Gasteiger partial charge is 0.314 e. The number of hydrogen-bond donors (Lipinski definition) is 1. The average molecular weight is 251 g/mol.